The van der Waals surface area contributed by atoms with Gasteiger partial charge in [0.2, 0.25) is 0 Å². The van der Waals surface area contributed by atoms with Crippen molar-refractivity contribution in [3.05, 3.63) is 28.8 Å². The van der Waals surface area contributed by atoms with Gasteiger partial charge in [0.15, 0.2) is 5.78 Å². The lowest BCUT2D eigenvalue weighted by atomic mass is 10.1. The lowest BCUT2D eigenvalue weighted by Gasteiger charge is -2.04. The molecular weight excluding hydrogens is 206 g/mol. The molecule has 1 aromatic carbocycles. The fourth-order valence-electron chi connectivity index (χ4n) is 1.01. The summed E-state index contributed by atoms with van der Waals surface area (Å²) in [6, 6.07) is 5.25. The van der Waals surface area contributed by atoms with Crippen LogP contribution in [-0.4, -0.2) is 18.6 Å². The van der Waals surface area contributed by atoms with Crippen LogP contribution >= 0.6 is 23.4 Å². The quantitative estimate of drug-likeness (QED) is 0.621. The van der Waals surface area contributed by atoms with E-state index in [-0.39, 0.29) is 12.3 Å². The first kappa shape index (κ1) is 10.6. The summed E-state index contributed by atoms with van der Waals surface area (Å²) in [7, 11) is 0. The molecule has 2 N–H and O–H groups in total. The monoisotopic (exact) mass is 215 g/mol. The molecule has 0 aliphatic carbocycles. The van der Waals surface area contributed by atoms with Gasteiger partial charge >= 0.3 is 0 Å². The molecule has 0 heterocycles. The van der Waals surface area contributed by atoms with Crippen molar-refractivity contribution >= 4 is 29.1 Å². The Hall–Kier alpha value is -0.510. The Kier molecular flexibility index (Phi) is 3.78. The number of benzene rings is 1. The number of ketones is 1. The Bertz CT molecular complexity index is 327. The summed E-state index contributed by atoms with van der Waals surface area (Å²) in [5, 5.41) is 0.564. The lowest BCUT2D eigenvalue weighted by molar-refractivity contribution is 0.0998. The number of thioether (sulfide) groups is 1. The third-order valence-electron chi connectivity index (χ3n) is 1.65. The van der Waals surface area contributed by atoms with E-state index >= 15 is 0 Å². The molecule has 13 heavy (non-hydrogen) atoms. The van der Waals surface area contributed by atoms with Crippen LogP contribution in [0.3, 0.4) is 0 Å². The lowest BCUT2D eigenvalue weighted by Crippen LogP contribution is -2.14. The molecule has 0 unspecified atom stereocenters. The Labute approximate surface area is 86.5 Å². The molecule has 2 nitrogen and oxygen atoms in total. The van der Waals surface area contributed by atoms with Crippen molar-refractivity contribution < 1.29 is 4.79 Å². The molecule has 70 valence electrons. The van der Waals surface area contributed by atoms with Crippen LogP contribution in [0.5, 0.6) is 0 Å². The second-order valence-corrected chi connectivity index (χ2v) is 3.76. The molecule has 0 fully saturated rings. The van der Waals surface area contributed by atoms with Crippen LogP contribution < -0.4 is 5.73 Å². The van der Waals surface area contributed by atoms with Crippen LogP contribution in [0, 0.1) is 0 Å². The highest BCUT2D eigenvalue weighted by molar-refractivity contribution is 7.98. The predicted molar refractivity (Wildman–Crippen MR) is 56.6 cm³/mol. The topological polar surface area (TPSA) is 43.1 Å². The Morgan fingerprint density at radius 2 is 2.31 bits per heavy atom. The van der Waals surface area contributed by atoms with E-state index in [1.807, 2.05) is 12.3 Å². The zero-order chi connectivity index (χ0) is 9.84. The fraction of sp³-hybridized carbons (Fsp3) is 0.222. The molecule has 0 amide bonds. The van der Waals surface area contributed by atoms with Crippen molar-refractivity contribution in [3.8, 4) is 0 Å². The maximum atomic E-state index is 11.3. The standard InChI is InChI=1S/C9H10ClNOS/c1-13-9-3-2-6(10)4-7(9)8(12)5-11/h2-4H,5,11H2,1H3. The van der Waals surface area contributed by atoms with Crippen LogP contribution in [0.4, 0.5) is 0 Å². The van der Waals surface area contributed by atoms with E-state index in [9.17, 15) is 4.79 Å². The van der Waals surface area contributed by atoms with E-state index in [0.717, 1.165) is 4.90 Å². The van der Waals surface area contributed by atoms with Gasteiger partial charge in [-0.15, -0.1) is 11.8 Å². The zero-order valence-corrected chi connectivity index (χ0v) is 8.78. The highest BCUT2D eigenvalue weighted by Gasteiger charge is 2.09. The molecule has 1 aromatic rings. The number of rotatable bonds is 3. The molecule has 0 saturated heterocycles. The smallest absolute Gasteiger partial charge is 0.177 e. The van der Waals surface area contributed by atoms with Crippen LogP contribution in [0.2, 0.25) is 5.02 Å². The minimum atomic E-state index is -0.0770. The van der Waals surface area contributed by atoms with Crippen LogP contribution in [0.25, 0.3) is 0 Å². The first-order valence-electron chi connectivity index (χ1n) is 3.76. The minimum absolute atomic E-state index is 0.0217. The van der Waals surface area contributed by atoms with E-state index in [4.69, 9.17) is 17.3 Å². The molecule has 0 radical (unpaired) electrons. The molecule has 1 rings (SSSR count). The van der Waals surface area contributed by atoms with Gasteiger partial charge in [0.1, 0.15) is 0 Å². The molecule has 0 saturated carbocycles. The van der Waals surface area contributed by atoms with Crippen LogP contribution in [0.15, 0.2) is 23.1 Å². The molecule has 0 bridgehead atoms. The molecule has 0 atom stereocenters. The third-order valence-corrected chi connectivity index (χ3v) is 2.68. The molecule has 0 aliphatic rings. The summed E-state index contributed by atoms with van der Waals surface area (Å²) in [6.07, 6.45) is 1.91. The van der Waals surface area contributed by atoms with E-state index in [1.54, 1.807) is 12.1 Å². The SMILES string of the molecule is CSc1ccc(Cl)cc1C(=O)CN. The number of halogens is 1. The number of nitrogens with two attached hydrogens (primary N) is 1. The number of carbonyl (C=O) groups is 1. The molecule has 0 aliphatic heterocycles. The van der Waals surface area contributed by atoms with E-state index < -0.39 is 0 Å². The maximum absolute atomic E-state index is 11.3. The average molecular weight is 216 g/mol. The summed E-state index contributed by atoms with van der Waals surface area (Å²) >= 11 is 7.29. The highest BCUT2D eigenvalue weighted by atomic mass is 35.5. The van der Waals surface area contributed by atoms with Gasteiger partial charge in [0.25, 0.3) is 0 Å². The van der Waals surface area contributed by atoms with Crippen molar-refractivity contribution in [2.45, 2.75) is 4.90 Å². The number of hydrogen-bond donors (Lipinski definition) is 1. The van der Waals surface area contributed by atoms with Gasteiger partial charge in [-0.3, -0.25) is 4.79 Å². The Morgan fingerprint density at radius 3 is 2.85 bits per heavy atom. The maximum Gasteiger partial charge on any atom is 0.177 e. The van der Waals surface area contributed by atoms with Crippen molar-refractivity contribution in [2.24, 2.45) is 5.73 Å². The normalized spacial score (nSPS) is 10.1. The molecule has 0 aromatic heterocycles. The van der Waals surface area contributed by atoms with Gasteiger partial charge < -0.3 is 5.73 Å². The van der Waals surface area contributed by atoms with E-state index in [1.165, 1.54) is 11.8 Å². The molecule has 0 spiro atoms. The van der Waals surface area contributed by atoms with Crippen molar-refractivity contribution in [2.75, 3.05) is 12.8 Å². The van der Waals surface area contributed by atoms with Crippen molar-refractivity contribution in [1.82, 2.24) is 0 Å². The van der Waals surface area contributed by atoms with Crippen LogP contribution in [-0.2, 0) is 0 Å². The van der Waals surface area contributed by atoms with E-state index in [2.05, 4.69) is 0 Å². The summed E-state index contributed by atoms with van der Waals surface area (Å²) < 4.78 is 0. The highest BCUT2D eigenvalue weighted by Crippen LogP contribution is 2.23. The second kappa shape index (κ2) is 4.65. The number of Topliss-reactive ketones (excluding diaryl/α,β-unsaturated/α-hetero) is 1. The first-order chi connectivity index (χ1) is 6.19. The number of hydrogen-bond acceptors (Lipinski definition) is 3. The van der Waals surface area contributed by atoms with Crippen LogP contribution in [0.1, 0.15) is 10.4 Å². The fourth-order valence-corrected chi connectivity index (χ4v) is 1.78. The largest absolute Gasteiger partial charge is 0.324 e. The van der Waals surface area contributed by atoms with Gasteiger partial charge in [-0.05, 0) is 24.5 Å². The summed E-state index contributed by atoms with van der Waals surface area (Å²) in [5.41, 5.74) is 5.89. The van der Waals surface area contributed by atoms with Gasteiger partial charge in [-0.25, -0.2) is 0 Å². The van der Waals surface area contributed by atoms with Gasteiger partial charge in [-0.1, -0.05) is 11.6 Å². The average Bonchev–Trinajstić information content (AvgIpc) is 2.16. The van der Waals surface area contributed by atoms with Gasteiger partial charge in [-0.2, -0.15) is 0 Å². The molecular formula is C9H10ClNOS. The van der Waals surface area contributed by atoms with Gasteiger partial charge in [0.05, 0.1) is 6.54 Å². The van der Waals surface area contributed by atoms with Gasteiger partial charge in [0, 0.05) is 15.5 Å². The minimum Gasteiger partial charge on any atom is -0.324 e. The summed E-state index contributed by atoms with van der Waals surface area (Å²) in [5.74, 6) is -0.0770. The van der Waals surface area contributed by atoms with Crippen molar-refractivity contribution in [1.29, 1.82) is 0 Å². The summed E-state index contributed by atoms with van der Waals surface area (Å²) in [4.78, 5) is 12.3. The third kappa shape index (κ3) is 2.46. The zero-order valence-electron chi connectivity index (χ0n) is 7.21. The van der Waals surface area contributed by atoms with E-state index in [0.29, 0.717) is 10.6 Å². The second-order valence-electron chi connectivity index (χ2n) is 2.47. The Morgan fingerprint density at radius 1 is 1.62 bits per heavy atom. The van der Waals surface area contributed by atoms with Crippen molar-refractivity contribution in [3.63, 3.8) is 0 Å². The number of carbonyl (C=O) groups excluding carboxylic acids is 1. The summed E-state index contributed by atoms with van der Waals surface area (Å²) in [6.45, 7) is 0.0217. The predicted octanol–water partition coefficient (Wildman–Crippen LogP) is 2.20. The first-order valence-corrected chi connectivity index (χ1v) is 5.36. The molecule has 4 heteroatoms. The Balaban J connectivity index is 3.15.